The summed E-state index contributed by atoms with van der Waals surface area (Å²) >= 11 is 0. The molecule has 2 N–H and O–H groups in total. The van der Waals surface area contributed by atoms with Crippen LogP contribution in [0.15, 0.2) is 53.3 Å². The van der Waals surface area contributed by atoms with E-state index < -0.39 is 0 Å². The maximum atomic E-state index is 12.4. The predicted octanol–water partition coefficient (Wildman–Crippen LogP) is 4.14. The molecule has 0 radical (unpaired) electrons. The Bertz CT molecular complexity index is 973. The van der Waals surface area contributed by atoms with Crippen molar-refractivity contribution in [1.29, 1.82) is 0 Å². The van der Waals surface area contributed by atoms with Gasteiger partial charge < -0.3 is 19.9 Å². The molecule has 5 nitrogen and oxygen atoms in total. The molecule has 0 amide bonds. The van der Waals surface area contributed by atoms with Crippen LogP contribution >= 0.6 is 0 Å². The van der Waals surface area contributed by atoms with E-state index in [2.05, 4.69) is 39.5 Å². The Morgan fingerprint density at radius 1 is 1.07 bits per heavy atom. The highest BCUT2D eigenvalue weighted by Gasteiger charge is 2.11. The highest BCUT2D eigenvalue weighted by molar-refractivity contribution is 5.80. The lowest BCUT2D eigenvalue weighted by molar-refractivity contribution is 0.340. The Morgan fingerprint density at radius 2 is 1.85 bits per heavy atom. The zero-order chi connectivity index (χ0) is 18.6. The minimum absolute atomic E-state index is 0.0622. The van der Waals surface area contributed by atoms with Crippen LogP contribution in [0.25, 0.3) is 10.9 Å². The van der Waals surface area contributed by atoms with E-state index in [0.717, 1.165) is 35.4 Å². The smallest absolute Gasteiger partial charge is 0.253 e. The van der Waals surface area contributed by atoms with Crippen LogP contribution in [0.5, 0.6) is 5.75 Å². The molecule has 1 aliphatic heterocycles. The second-order valence-corrected chi connectivity index (χ2v) is 6.90. The van der Waals surface area contributed by atoms with Gasteiger partial charge in [-0.05, 0) is 68.3 Å². The van der Waals surface area contributed by atoms with Gasteiger partial charge in [0.2, 0.25) is 0 Å². The number of aromatic nitrogens is 1. The van der Waals surface area contributed by atoms with Crippen LogP contribution in [0.2, 0.25) is 0 Å². The third-order valence-corrected chi connectivity index (χ3v) is 5.03. The minimum atomic E-state index is -0.0622. The van der Waals surface area contributed by atoms with Crippen molar-refractivity contribution >= 4 is 22.3 Å². The first-order valence-electron chi connectivity index (χ1n) is 9.60. The second kappa shape index (κ2) is 7.74. The van der Waals surface area contributed by atoms with Crippen LogP contribution in [0.4, 0.5) is 11.4 Å². The van der Waals surface area contributed by atoms with Gasteiger partial charge in [0.25, 0.3) is 5.56 Å². The lowest BCUT2D eigenvalue weighted by Gasteiger charge is -2.18. The van der Waals surface area contributed by atoms with Crippen molar-refractivity contribution in [3.63, 3.8) is 0 Å². The molecule has 3 aromatic rings. The molecule has 0 unspecified atom stereocenters. The molecule has 1 aliphatic rings. The number of H-pyrrole nitrogens is 1. The SMILES string of the molecule is CCOc1ccc2[nH]c(=O)c(CNc3ccc(N4CCCC4)cc3)cc2c1. The summed E-state index contributed by atoms with van der Waals surface area (Å²) in [5.41, 5.74) is 3.75. The highest BCUT2D eigenvalue weighted by atomic mass is 16.5. The molecule has 5 heteroatoms. The van der Waals surface area contributed by atoms with E-state index in [0.29, 0.717) is 18.7 Å². The number of fused-ring (bicyclic) bond motifs is 1. The number of anilines is 2. The number of hydrogen-bond donors (Lipinski definition) is 2. The molecule has 0 atom stereocenters. The van der Waals surface area contributed by atoms with E-state index in [9.17, 15) is 4.79 Å². The molecule has 140 valence electrons. The van der Waals surface area contributed by atoms with E-state index in [-0.39, 0.29) is 5.56 Å². The van der Waals surface area contributed by atoms with E-state index in [1.807, 2.05) is 31.2 Å². The summed E-state index contributed by atoms with van der Waals surface area (Å²) in [5.74, 6) is 0.813. The fourth-order valence-corrected chi connectivity index (χ4v) is 3.58. The van der Waals surface area contributed by atoms with Crippen molar-refractivity contribution in [1.82, 2.24) is 4.98 Å². The molecule has 0 saturated carbocycles. The number of aromatic amines is 1. The molecule has 1 fully saturated rings. The largest absolute Gasteiger partial charge is 0.494 e. The molecule has 1 saturated heterocycles. The topological polar surface area (TPSA) is 57.4 Å². The van der Waals surface area contributed by atoms with Gasteiger partial charge in [-0.2, -0.15) is 0 Å². The summed E-state index contributed by atoms with van der Waals surface area (Å²) in [5, 5.41) is 4.33. The maximum absolute atomic E-state index is 12.4. The Hall–Kier alpha value is -2.95. The number of nitrogens with one attached hydrogen (secondary N) is 2. The quantitative estimate of drug-likeness (QED) is 0.691. The van der Waals surface area contributed by atoms with Gasteiger partial charge in [0.1, 0.15) is 5.75 Å². The van der Waals surface area contributed by atoms with E-state index in [4.69, 9.17) is 4.74 Å². The number of rotatable bonds is 6. The lowest BCUT2D eigenvalue weighted by Crippen LogP contribution is -2.17. The molecule has 0 bridgehead atoms. The Labute approximate surface area is 159 Å². The minimum Gasteiger partial charge on any atom is -0.494 e. The lowest BCUT2D eigenvalue weighted by atomic mass is 10.1. The average molecular weight is 363 g/mol. The van der Waals surface area contributed by atoms with Crippen molar-refractivity contribution in [2.45, 2.75) is 26.3 Å². The number of ether oxygens (including phenoxy) is 1. The summed E-state index contributed by atoms with van der Waals surface area (Å²) in [6.07, 6.45) is 2.55. The van der Waals surface area contributed by atoms with Crippen molar-refractivity contribution < 1.29 is 4.74 Å². The van der Waals surface area contributed by atoms with Crippen LogP contribution < -0.4 is 20.5 Å². The Morgan fingerprint density at radius 3 is 2.59 bits per heavy atom. The van der Waals surface area contributed by atoms with Crippen molar-refractivity contribution in [2.75, 3.05) is 29.9 Å². The molecule has 0 spiro atoms. The maximum Gasteiger partial charge on any atom is 0.253 e. The average Bonchev–Trinajstić information content (AvgIpc) is 3.22. The van der Waals surface area contributed by atoms with Crippen LogP contribution in [0.1, 0.15) is 25.3 Å². The molecular weight excluding hydrogens is 338 g/mol. The third kappa shape index (κ3) is 3.92. The Balaban J connectivity index is 1.49. The van der Waals surface area contributed by atoms with Gasteiger partial charge in [-0.15, -0.1) is 0 Å². The standard InChI is InChI=1S/C22H25N3O2/c1-2-27-20-9-10-21-16(14-20)13-17(22(26)24-21)15-23-18-5-7-19(8-6-18)25-11-3-4-12-25/h5-10,13-14,23H,2-4,11-12,15H2,1H3,(H,24,26). The van der Waals surface area contributed by atoms with Gasteiger partial charge in [0.05, 0.1) is 6.61 Å². The van der Waals surface area contributed by atoms with Crippen LogP contribution in [0.3, 0.4) is 0 Å². The summed E-state index contributed by atoms with van der Waals surface area (Å²) < 4.78 is 5.56. The summed E-state index contributed by atoms with van der Waals surface area (Å²) in [6.45, 7) is 5.34. The fourth-order valence-electron chi connectivity index (χ4n) is 3.58. The summed E-state index contributed by atoms with van der Waals surface area (Å²) in [6, 6.07) is 16.1. The van der Waals surface area contributed by atoms with Crippen LogP contribution in [-0.2, 0) is 6.54 Å². The van der Waals surface area contributed by atoms with Gasteiger partial charge in [-0.1, -0.05) is 0 Å². The highest BCUT2D eigenvalue weighted by Crippen LogP contribution is 2.23. The first-order chi connectivity index (χ1) is 13.2. The fraction of sp³-hybridized carbons (Fsp3) is 0.318. The van der Waals surface area contributed by atoms with Crippen LogP contribution in [-0.4, -0.2) is 24.7 Å². The zero-order valence-corrected chi connectivity index (χ0v) is 15.6. The summed E-state index contributed by atoms with van der Waals surface area (Å²) in [7, 11) is 0. The van der Waals surface area contributed by atoms with Crippen molar-refractivity contribution in [3.8, 4) is 5.75 Å². The second-order valence-electron chi connectivity index (χ2n) is 6.90. The number of nitrogens with zero attached hydrogens (tertiary/aromatic N) is 1. The van der Waals surface area contributed by atoms with E-state index in [1.54, 1.807) is 0 Å². The molecule has 0 aliphatic carbocycles. The first kappa shape index (κ1) is 17.5. The molecule has 4 rings (SSSR count). The number of pyridine rings is 1. The number of benzene rings is 2. The van der Waals surface area contributed by atoms with Gasteiger partial charge in [-0.25, -0.2) is 0 Å². The molecule has 27 heavy (non-hydrogen) atoms. The third-order valence-electron chi connectivity index (χ3n) is 5.03. The van der Waals surface area contributed by atoms with E-state index >= 15 is 0 Å². The normalized spacial score (nSPS) is 13.9. The first-order valence-corrected chi connectivity index (χ1v) is 9.60. The predicted molar refractivity (Wildman–Crippen MR) is 111 cm³/mol. The summed E-state index contributed by atoms with van der Waals surface area (Å²) in [4.78, 5) is 17.7. The monoisotopic (exact) mass is 363 g/mol. The molecule has 1 aromatic heterocycles. The van der Waals surface area contributed by atoms with Crippen molar-refractivity contribution in [3.05, 3.63) is 64.4 Å². The van der Waals surface area contributed by atoms with Gasteiger partial charge >= 0.3 is 0 Å². The van der Waals surface area contributed by atoms with Crippen molar-refractivity contribution in [2.24, 2.45) is 0 Å². The van der Waals surface area contributed by atoms with E-state index in [1.165, 1.54) is 18.5 Å². The zero-order valence-electron chi connectivity index (χ0n) is 15.6. The van der Waals surface area contributed by atoms with Gasteiger partial charge in [-0.3, -0.25) is 4.79 Å². The molecule has 2 aromatic carbocycles. The molecular formula is C22H25N3O2. The van der Waals surface area contributed by atoms with Gasteiger partial charge in [0.15, 0.2) is 0 Å². The molecule has 2 heterocycles. The number of hydrogen-bond acceptors (Lipinski definition) is 4. The van der Waals surface area contributed by atoms with Crippen LogP contribution in [0, 0.1) is 0 Å². The van der Waals surface area contributed by atoms with Gasteiger partial charge in [0, 0.05) is 47.5 Å². The Kier molecular flexibility index (Phi) is 5.01.